The summed E-state index contributed by atoms with van der Waals surface area (Å²) in [5.74, 6) is 0.516. The van der Waals surface area contributed by atoms with Gasteiger partial charge in [0.1, 0.15) is 0 Å². The monoisotopic (exact) mass is 472 g/mol. The molecule has 1 aliphatic carbocycles. The Bertz CT molecular complexity index is 1390. The summed E-state index contributed by atoms with van der Waals surface area (Å²) in [6.45, 7) is 0. The third kappa shape index (κ3) is 4.70. The molecular weight excluding hydrogens is 444 g/mol. The van der Waals surface area contributed by atoms with Crippen LogP contribution in [0.25, 0.3) is 22.3 Å². The van der Waals surface area contributed by atoms with Gasteiger partial charge in [-0.3, -0.25) is 0 Å². The van der Waals surface area contributed by atoms with E-state index in [0.717, 1.165) is 33.8 Å². The maximum Gasteiger partial charge on any atom is 0.0484 e. The highest BCUT2D eigenvalue weighted by atomic mass is 32.1. The molecule has 0 spiro atoms. The Hall–Kier alpha value is -3.53. The topological polar surface area (TPSA) is 34.0 Å². The summed E-state index contributed by atoms with van der Waals surface area (Å²) in [7, 11) is 0. The standard InChI is InChI=1S/C32H28N2S/c35-30-14-8-7-13-28(30)25-17-20-27(22-9-3-1-4-10-22)29(21-25)33-26-18-15-24(16-19-26)32-31(34-32)23-11-5-2-6-12-23/h1-15,17-21,24,31-35H,16H2/t24?,31?,32-/m0/s1. The van der Waals surface area contributed by atoms with Gasteiger partial charge >= 0.3 is 0 Å². The van der Waals surface area contributed by atoms with Gasteiger partial charge in [0.25, 0.3) is 0 Å². The van der Waals surface area contributed by atoms with Crippen molar-refractivity contribution in [3.63, 3.8) is 0 Å². The minimum atomic E-state index is 0.469. The van der Waals surface area contributed by atoms with Gasteiger partial charge in [0, 0.05) is 33.9 Å². The van der Waals surface area contributed by atoms with Crippen molar-refractivity contribution in [3.05, 3.63) is 133 Å². The number of hydrogen-bond acceptors (Lipinski definition) is 3. The van der Waals surface area contributed by atoms with Crippen molar-refractivity contribution in [2.24, 2.45) is 5.92 Å². The van der Waals surface area contributed by atoms with E-state index >= 15 is 0 Å². The van der Waals surface area contributed by atoms with Crippen LogP contribution in [0.3, 0.4) is 0 Å². The molecule has 1 saturated heterocycles. The van der Waals surface area contributed by atoms with Gasteiger partial charge in [0.15, 0.2) is 0 Å². The SMILES string of the molecule is Sc1ccccc1-c1ccc(-c2ccccc2)c(NC2=CCC([C@@H]3NC3c3ccccc3)C=C2)c1. The van der Waals surface area contributed by atoms with E-state index < -0.39 is 0 Å². The molecule has 1 fully saturated rings. The van der Waals surface area contributed by atoms with Crippen LogP contribution in [0.15, 0.2) is 132 Å². The number of anilines is 1. The molecule has 3 heteroatoms. The number of allylic oxidation sites excluding steroid dienone is 2. The average molecular weight is 473 g/mol. The second-order valence-electron chi connectivity index (χ2n) is 9.27. The van der Waals surface area contributed by atoms with E-state index in [1.54, 1.807) is 0 Å². The van der Waals surface area contributed by atoms with Crippen LogP contribution in [0.1, 0.15) is 18.0 Å². The zero-order chi connectivity index (χ0) is 23.6. The van der Waals surface area contributed by atoms with E-state index in [4.69, 9.17) is 0 Å². The Morgan fingerprint density at radius 2 is 1.49 bits per heavy atom. The van der Waals surface area contributed by atoms with Crippen LogP contribution in [0.4, 0.5) is 5.69 Å². The summed E-state index contributed by atoms with van der Waals surface area (Å²) in [6.07, 6.45) is 7.96. The van der Waals surface area contributed by atoms with Gasteiger partial charge < -0.3 is 10.6 Å². The lowest BCUT2D eigenvalue weighted by Gasteiger charge is -2.19. The number of benzene rings is 4. The lowest BCUT2D eigenvalue weighted by molar-refractivity contribution is 0.623. The lowest BCUT2D eigenvalue weighted by atomic mass is 9.92. The highest BCUT2D eigenvalue weighted by Crippen LogP contribution is 2.39. The van der Waals surface area contributed by atoms with Crippen LogP contribution in [-0.2, 0) is 0 Å². The molecule has 4 aromatic carbocycles. The Morgan fingerprint density at radius 3 is 2.23 bits per heavy atom. The van der Waals surface area contributed by atoms with Crippen LogP contribution in [0.5, 0.6) is 0 Å². The van der Waals surface area contributed by atoms with Gasteiger partial charge in [-0.15, -0.1) is 12.6 Å². The molecule has 0 radical (unpaired) electrons. The van der Waals surface area contributed by atoms with Crippen LogP contribution >= 0.6 is 12.6 Å². The Labute approximate surface area is 212 Å². The van der Waals surface area contributed by atoms with E-state index in [0.29, 0.717) is 18.0 Å². The summed E-state index contributed by atoms with van der Waals surface area (Å²) in [5, 5.41) is 7.40. The summed E-state index contributed by atoms with van der Waals surface area (Å²) < 4.78 is 0. The van der Waals surface area contributed by atoms with Crippen LogP contribution in [0, 0.1) is 5.92 Å². The highest BCUT2D eigenvalue weighted by Gasteiger charge is 2.42. The second kappa shape index (κ2) is 9.61. The van der Waals surface area contributed by atoms with Gasteiger partial charge in [-0.2, -0.15) is 0 Å². The third-order valence-corrected chi connectivity index (χ3v) is 7.36. The van der Waals surface area contributed by atoms with Crippen LogP contribution in [-0.4, -0.2) is 6.04 Å². The van der Waals surface area contributed by atoms with Crippen molar-refractivity contribution in [2.75, 3.05) is 5.32 Å². The lowest BCUT2D eigenvalue weighted by Crippen LogP contribution is -2.12. The molecule has 1 heterocycles. The van der Waals surface area contributed by atoms with Crippen molar-refractivity contribution in [3.8, 4) is 22.3 Å². The van der Waals surface area contributed by atoms with E-state index in [2.05, 4.69) is 132 Å². The number of thiol groups is 1. The molecule has 172 valence electrons. The zero-order valence-electron chi connectivity index (χ0n) is 19.4. The minimum absolute atomic E-state index is 0.469. The van der Waals surface area contributed by atoms with E-state index in [-0.39, 0.29) is 0 Å². The zero-order valence-corrected chi connectivity index (χ0v) is 20.3. The molecule has 2 nitrogen and oxygen atoms in total. The maximum atomic E-state index is 4.69. The molecule has 0 amide bonds. The fourth-order valence-corrected chi connectivity index (χ4v) is 5.33. The molecular formula is C32H28N2S. The highest BCUT2D eigenvalue weighted by molar-refractivity contribution is 7.80. The van der Waals surface area contributed by atoms with Crippen molar-refractivity contribution in [2.45, 2.75) is 23.4 Å². The van der Waals surface area contributed by atoms with Gasteiger partial charge in [-0.05, 0) is 52.8 Å². The summed E-state index contributed by atoms with van der Waals surface area (Å²) in [5.41, 5.74) is 8.32. The van der Waals surface area contributed by atoms with Crippen LogP contribution < -0.4 is 10.6 Å². The van der Waals surface area contributed by atoms with E-state index in [9.17, 15) is 0 Å². The number of hydrogen-bond donors (Lipinski definition) is 3. The smallest absolute Gasteiger partial charge is 0.0484 e. The largest absolute Gasteiger partial charge is 0.355 e. The summed E-state index contributed by atoms with van der Waals surface area (Å²) in [4.78, 5) is 0.982. The van der Waals surface area contributed by atoms with Crippen molar-refractivity contribution in [1.82, 2.24) is 5.32 Å². The fraction of sp³-hybridized carbons (Fsp3) is 0.125. The van der Waals surface area contributed by atoms with E-state index in [1.807, 2.05) is 12.1 Å². The average Bonchev–Trinajstić information content (AvgIpc) is 3.72. The first-order valence-electron chi connectivity index (χ1n) is 12.2. The first-order chi connectivity index (χ1) is 17.3. The summed E-state index contributed by atoms with van der Waals surface area (Å²) in [6, 6.07) is 37.2. The predicted octanol–water partition coefficient (Wildman–Crippen LogP) is 7.89. The first-order valence-corrected chi connectivity index (χ1v) is 12.7. The predicted molar refractivity (Wildman–Crippen MR) is 150 cm³/mol. The van der Waals surface area contributed by atoms with Crippen molar-refractivity contribution >= 4 is 18.3 Å². The molecule has 3 atom stereocenters. The maximum absolute atomic E-state index is 4.69. The molecule has 4 aromatic rings. The number of nitrogens with one attached hydrogen (secondary N) is 2. The molecule has 0 saturated carbocycles. The van der Waals surface area contributed by atoms with E-state index in [1.165, 1.54) is 16.7 Å². The van der Waals surface area contributed by atoms with Crippen molar-refractivity contribution < 1.29 is 0 Å². The van der Waals surface area contributed by atoms with Crippen LogP contribution in [0.2, 0.25) is 0 Å². The second-order valence-corrected chi connectivity index (χ2v) is 9.75. The fourth-order valence-electron chi connectivity index (χ4n) is 5.04. The molecule has 0 bridgehead atoms. The first kappa shape index (κ1) is 22.0. The molecule has 1 aliphatic heterocycles. The van der Waals surface area contributed by atoms with Gasteiger partial charge in [-0.1, -0.05) is 103 Å². The Balaban J connectivity index is 1.24. The molecule has 2 aliphatic rings. The van der Waals surface area contributed by atoms with Gasteiger partial charge in [0.2, 0.25) is 0 Å². The van der Waals surface area contributed by atoms with Crippen molar-refractivity contribution in [1.29, 1.82) is 0 Å². The van der Waals surface area contributed by atoms with Gasteiger partial charge in [0.05, 0.1) is 0 Å². The molecule has 2 unspecified atom stereocenters. The molecule has 6 rings (SSSR count). The number of rotatable bonds is 6. The normalized spacial score (nSPS) is 20.8. The Kier molecular flexibility index (Phi) is 6.03. The molecule has 35 heavy (non-hydrogen) atoms. The minimum Gasteiger partial charge on any atom is -0.355 e. The third-order valence-electron chi connectivity index (χ3n) is 6.97. The Morgan fingerprint density at radius 1 is 0.743 bits per heavy atom. The quantitative estimate of drug-likeness (QED) is 0.197. The van der Waals surface area contributed by atoms with Gasteiger partial charge in [-0.25, -0.2) is 0 Å². The molecule has 0 aromatic heterocycles. The molecule has 2 N–H and O–H groups in total. The summed E-state index contributed by atoms with van der Waals surface area (Å²) >= 11 is 4.69.